The van der Waals surface area contributed by atoms with E-state index in [0.717, 1.165) is 41.0 Å². The van der Waals surface area contributed by atoms with E-state index in [1.54, 1.807) is 22.1 Å². The van der Waals surface area contributed by atoms with Crippen molar-refractivity contribution in [1.82, 2.24) is 18.3 Å². The topological polar surface area (TPSA) is 61.4 Å². The van der Waals surface area contributed by atoms with Gasteiger partial charge in [-0.1, -0.05) is 19.3 Å². The molecule has 1 aliphatic carbocycles. The van der Waals surface area contributed by atoms with Gasteiger partial charge in [-0.05, 0) is 31.9 Å². The average Bonchev–Trinajstić information content (AvgIpc) is 3.28. The number of hydrogen-bond donors (Lipinski definition) is 0. The van der Waals surface area contributed by atoms with E-state index in [2.05, 4.69) is 36.7 Å². The summed E-state index contributed by atoms with van der Waals surface area (Å²) in [5, 5.41) is 0. The lowest BCUT2D eigenvalue weighted by Gasteiger charge is -2.20. The number of carbonyl (C=O) groups is 1. The predicted octanol–water partition coefficient (Wildman–Crippen LogP) is 5.15. The monoisotopic (exact) mass is 496 g/mol. The van der Waals surface area contributed by atoms with Gasteiger partial charge in [-0.25, -0.2) is 14.8 Å². The Bertz CT molecular complexity index is 1000. The Morgan fingerprint density at radius 3 is 2.93 bits per heavy atom. The van der Waals surface area contributed by atoms with Crippen molar-refractivity contribution in [3.8, 4) is 0 Å². The first-order valence-corrected chi connectivity index (χ1v) is 12.6. The Balaban J connectivity index is 1.87. The van der Waals surface area contributed by atoms with Gasteiger partial charge < -0.3 is 4.74 Å². The highest BCUT2D eigenvalue weighted by atomic mass is 127. The minimum absolute atomic E-state index is 0.348. The van der Waals surface area contributed by atoms with Gasteiger partial charge in [0.2, 0.25) is 0 Å². The number of imidazole rings is 1. The molecule has 3 aromatic rings. The summed E-state index contributed by atoms with van der Waals surface area (Å²) < 4.78 is 9.28. The second kappa shape index (κ2) is 8.22. The number of nitrogens with zero attached hydrogens (tertiary/aromatic N) is 4. The molecule has 0 amide bonds. The van der Waals surface area contributed by atoms with E-state index in [1.807, 2.05) is 16.4 Å². The number of rotatable bonds is 5. The van der Waals surface area contributed by atoms with E-state index in [0.29, 0.717) is 12.5 Å². The third-order valence-corrected chi connectivity index (χ3v) is 6.75. The number of halogens is 1. The van der Waals surface area contributed by atoms with Crippen LogP contribution in [0, 0.1) is 0 Å². The maximum absolute atomic E-state index is 11.7. The van der Waals surface area contributed by atoms with Crippen molar-refractivity contribution in [1.29, 1.82) is 0 Å². The van der Waals surface area contributed by atoms with Crippen molar-refractivity contribution in [3.63, 3.8) is 0 Å². The molecule has 27 heavy (non-hydrogen) atoms. The largest absolute Gasteiger partial charge is 0.463 e. The molecule has 0 radical (unpaired) electrons. The molecule has 0 unspecified atom stereocenters. The van der Waals surface area contributed by atoms with E-state index in [9.17, 15) is 4.79 Å². The van der Waals surface area contributed by atoms with Crippen LogP contribution in [0.15, 0.2) is 24.5 Å². The second-order valence-electron chi connectivity index (χ2n) is 6.67. The van der Waals surface area contributed by atoms with Crippen LogP contribution in [0.25, 0.3) is 22.8 Å². The zero-order chi connectivity index (χ0) is 18.8. The average molecular weight is 496 g/mol. The first-order valence-electron chi connectivity index (χ1n) is 9.25. The van der Waals surface area contributed by atoms with Crippen LogP contribution in [-0.4, -0.2) is 30.9 Å². The lowest BCUT2D eigenvalue weighted by Crippen LogP contribution is -2.09. The van der Waals surface area contributed by atoms with Crippen molar-refractivity contribution < 1.29 is 9.53 Å². The molecule has 0 atom stereocenters. The third kappa shape index (κ3) is 3.61. The Kier molecular flexibility index (Phi) is 5.72. The van der Waals surface area contributed by atoms with Gasteiger partial charge in [0, 0.05) is 48.5 Å². The van der Waals surface area contributed by atoms with Crippen molar-refractivity contribution in [2.45, 2.75) is 44.9 Å². The first-order chi connectivity index (χ1) is 13.2. The summed E-state index contributed by atoms with van der Waals surface area (Å²) in [4.78, 5) is 21.3. The molecule has 0 aromatic carbocycles. The molecule has 3 heterocycles. The molecule has 4 rings (SSSR count). The molecule has 0 saturated heterocycles. The van der Waals surface area contributed by atoms with Crippen LogP contribution >= 0.6 is 30.3 Å². The first kappa shape index (κ1) is 18.8. The van der Waals surface area contributed by atoms with E-state index < -0.39 is 0 Å². The SMILES string of the molecule is CCOC(=O)/C=C/c1nc(C2CCCCC2)n2c1cnc1c2ccn1SI. The second-order valence-corrected chi connectivity index (χ2v) is 8.39. The smallest absolute Gasteiger partial charge is 0.330 e. The molecule has 8 heteroatoms. The van der Waals surface area contributed by atoms with Crippen LogP contribution in [0.4, 0.5) is 0 Å². The van der Waals surface area contributed by atoms with Crippen molar-refractivity contribution in [3.05, 3.63) is 36.1 Å². The highest BCUT2D eigenvalue weighted by molar-refractivity contribution is 14.2. The summed E-state index contributed by atoms with van der Waals surface area (Å²) in [5.41, 5.74) is 3.69. The van der Waals surface area contributed by atoms with Gasteiger partial charge in [-0.3, -0.25) is 8.37 Å². The predicted molar refractivity (Wildman–Crippen MR) is 117 cm³/mol. The highest BCUT2D eigenvalue weighted by Gasteiger charge is 2.23. The number of hydrogen-bond acceptors (Lipinski definition) is 5. The van der Waals surface area contributed by atoms with Crippen molar-refractivity contribution >= 4 is 59.1 Å². The van der Waals surface area contributed by atoms with Crippen LogP contribution in [0.1, 0.15) is 56.5 Å². The minimum Gasteiger partial charge on any atom is -0.463 e. The van der Waals surface area contributed by atoms with Crippen LogP contribution in [0.3, 0.4) is 0 Å². The Morgan fingerprint density at radius 1 is 1.37 bits per heavy atom. The summed E-state index contributed by atoms with van der Waals surface area (Å²) in [7, 11) is 1.60. The molecule has 6 nitrogen and oxygen atoms in total. The third-order valence-electron chi connectivity index (χ3n) is 5.03. The van der Waals surface area contributed by atoms with Crippen LogP contribution in [-0.2, 0) is 9.53 Å². The highest BCUT2D eigenvalue weighted by Crippen LogP contribution is 2.35. The molecule has 1 fully saturated rings. The summed E-state index contributed by atoms with van der Waals surface area (Å²) in [5.74, 6) is 1.17. The minimum atomic E-state index is -0.348. The molecule has 142 valence electrons. The lowest BCUT2D eigenvalue weighted by atomic mass is 9.89. The van der Waals surface area contributed by atoms with Gasteiger partial charge in [-0.2, -0.15) is 0 Å². The number of esters is 1. The molecule has 1 aliphatic rings. The zero-order valence-electron chi connectivity index (χ0n) is 15.1. The van der Waals surface area contributed by atoms with Gasteiger partial charge in [0.1, 0.15) is 5.82 Å². The number of carbonyl (C=O) groups excluding carboxylic acids is 1. The lowest BCUT2D eigenvalue weighted by molar-refractivity contribution is -0.137. The molecule has 3 aromatic heterocycles. The van der Waals surface area contributed by atoms with Gasteiger partial charge in [0.15, 0.2) is 5.65 Å². The van der Waals surface area contributed by atoms with Crippen molar-refractivity contribution in [2.75, 3.05) is 6.61 Å². The fraction of sp³-hybridized carbons (Fsp3) is 0.421. The number of ether oxygens (including phenoxy) is 1. The normalized spacial score (nSPS) is 15.9. The van der Waals surface area contributed by atoms with E-state index in [4.69, 9.17) is 9.72 Å². The van der Waals surface area contributed by atoms with E-state index >= 15 is 0 Å². The van der Waals surface area contributed by atoms with Gasteiger partial charge in [0.05, 0.1) is 29.5 Å². The number of aromatic nitrogens is 4. The Labute approximate surface area is 174 Å². The van der Waals surface area contributed by atoms with Gasteiger partial charge in [0.25, 0.3) is 0 Å². The van der Waals surface area contributed by atoms with Crippen LogP contribution < -0.4 is 0 Å². The molecule has 1 saturated carbocycles. The molecule has 0 bridgehead atoms. The standard InChI is InChI=1S/C19H21IN4O2S/c1-2-26-17(25)9-8-14-16-12-21-19-15(10-11-23(19)27-20)24(16)18(22-14)13-6-4-3-5-7-13/h8-13H,2-7H2,1H3/b9-8+. The van der Waals surface area contributed by atoms with Gasteiger partial charge >= 0.3 is 5.97 Å². The molecule has 0 aliphatic heterocycles. The summed E-state index contributed by atoms with van der Waals surface area (Å²) in [6.07, 6.45) is 13.2. The molecular weight excluding hydrogens is 475 g/mol. The molecule has 0 spiro atoms. The van der Waals surface area contributed by atoms with Crippen LogP contribution in [0.5, 0.6) is 0 Å². The van der Waals surface area contributed by atoms with Gasteiger partial charge in [-0.15, -0.1) is 0 Å². The fourth-order valence-corrected chi connectivity index (χ4v) is 5.08. The Morgan fingerprint density at radius 2 is 2.19 bits per heavy atom. The quantitative estimate of drug-likeness (QED) is 0.278. The van der Waals surface area contributed by atoms with Crippen molar-refractivity contribution in [2.24, 2.45) is 0 Å². The number of fused-ring (bicyclic) bond motifs is 3. The summed E-state index contributed by atoms with van der Waals surface area (Å²) >= 11 is 2.26. The van der Waals surface area contributed by atoms with E-state index in [-0.39, 0.29) is 5.97 Å². The maximum atomic E-state index is 11.7. The molecule has 0 N–H and O–H groups in total. The van der Waals surface area contributed by atoms with Crippen LogP contribution in [0.2, 0.25) is 0 Å². The zero-order valence-corrected chi connectivity index (χ0v) is 18.1. The molecular formula is C19H21IN4O2S. The Hall–Kier alpha value is -1.55. The fourth-order valence-electron chi connectivity index (χ4n) is 3.81. The summed E-state index contributed by atoms with van der Waals surface area (Å²) in [6.45, 7) is 2.17. The summed E-state index contributed by atoms with van der Waals surface area (Å²) in [6, 6.07) is 2.09. The maximum Gasteiger partial charge on any atom is 0.330 e. The van der Waals surface area contributed by atoms with E-state index in [1.165, 1.54) is 25.3 Å².